The molecule has 0 aliphatic carbocycles. The number of benzene rings is 4. The summed E-state index contributed by atoms with van der Waals surface area (Å²) in [5, 5.41) is 17.2. The second-order valence-corrected chi connectivity index (χ2v) is 15.4. The van der Waals surface area contributed by atoms with Crippen LogP contribution in [0.25, 0.3) is 44.1 Å². The molecule has 0 bridgehead atoms. The summed E-state index contributed by atoms with van der Waals surface area (Å²) in [5.41, 5.74) is 5.05. The van der Waals surface area contributed by atoms with Crippen molar-refractivity contribution >= 4 is 67.7 Å². The number of thioether (sulfide) groups is 2. The van der Waals surface area contributed by atoms with Crippen LogP contribution in [0.15, 0.2) is 142 Å². The summed E-state index contributed by atoms with van der Waals surface area (Å²) in [4.78, 5) is 67.5. The van der Waals surface area contributed by atoms with Gasteiger partial charge < -0.3 is 24.9 Å². The molecule has 0 unspecified atom stereocenters. The Hall–Kier alpha value is -6.39. The third-order valence-corrected chi connectivity index (χ3v) is 11.6. The van der Waals surface area contributed by atoms with Gasteiger partial charge in [0.05, 0.1) is 55.4 Å². The molecule has 6 aromatic heterocycles. The Bertz CT molecular complexity index is 3300. The van der Waals surface area contributed by atoms with Gasteiger partial charge in [-0.15, -0.1) is 0 Å². The maximum atomic E-state index is 14.4. The number of ether oxygens (including phenoxy) is 1. The molecule has 0 radical (unpaired) electrons. The minimum absolute atomic E-state index is 0. The van der Waals surface area contributed by atoms with Crippen LogP contribution in [0, 0.1) is 5.82 Å². The smallest absolute Gasteiger partial charge is 0.857 e. The fraction of sp³-hybridized carbons (Fsp3) is 0.156. The third kappa shape index (κ3) is 11.0. The zero-order valence-electron chi connectivity index (χ0n) is 36.1. The molecule has 10 rings (SSSR count). The third-order valence-electron chi connectivity index (χ3n) is 9.68. The van der Waals surface area contributed by atoms with Crippen molar-refractivity contribution in [2.45, 2.75) is 34.6 Å². The van der Waals surface area contributed by atoms with Gasteiger partial charge in [-0.1, -0.05) is 96.3 Å². The molecule has 3 N–H and O–H groups in total. The van der Waals surface area contributed by atoms with Crippen LogP contribution in [0.3, 0.4) is 0 Å². The van der Waals surface area contributed by atoms with Gasteiger partial charge in [0.2, 0.25) is 0 Å². The zero-order chi connectivity index (χ0) is 45.7. The minimum atomic E-state index is -0.569. The molecule has 21 heteroatoms. The summed E-state index contributed by atoms with van der Waals surface area (Å²) in [6, 6.07) is 29.4. The average Bonchev–Trinajstić information content (AvgIpc) is 4.05. The number of fused-ring (bicyclic) bond motifs is 4. The molecule has 10 aromatic rings. The van der Waals surface area contributed by atoms with Crippen LogP contribution in [0.2, 0.25) is 0 Å². The maximum Gasteiger partial charge on any atom is 1.00 e. The van der Waals surface area contributed by atoms with E-state index in [1.807, 2.05) is 72.8 Å². The Kier molecular flexibility index (Phi) is 17.6. The molecule has 0 aliphatic rings. The zero-order valence-corrected chi connectivity index (χ0v) is 39.8. The van der Waals surface area contributed by atoms with Crippen molar-refractivity contribution in [1.82, 2.24) is 59.0 Å². The summed E-state index contributed by atoms with van der Waals surface area (Å²) in [7, 11) is 3.31. The van der Waals surface area contributed by atoms with Gasteiger partial charge in [0.25, 0.3) is 11.1 Å². The molecule has 6 heterocycles. The molecule has 4 aromatic carbocycles. The Morgan fingerprint density at radius 2 is 1.08 bits per heavy atom. The molecule has 330 valence electrons. The first-order valence-corrected chi connectivity index (χ1v) is 21.6. The van der Waals surface area contributed by atoms with Crippen LogP contribution in [0.1, 0.15) is 22.8 Å². The maximum absolute atomic E-state index is 14.4. The first-order chi connectivity index (χ1) is 31.9. The number of methoxy groups -OCH3 is 1. The standard InChI is InChI=1S/C22H18N6O2S.C21H15FN6OS.CH4O.CH3O.Na/c1-30-16-9-5-8-15-18(16)22(29)28(10-14-6-3-2-4-7-14)17(27-15)11-31-21-19-20(24-12-23-19)25-13-26-21;22-14-7-4-8-15-17(14)21(29)28(9-13-5-2-1-3-6-13)16(27-15)10-30-20-18-19(24-11-23-18)25-12-26-20;2*1-2;/h2-9,12-13H,10-11H2,1H3,(H,23,24,25,26);1-8,11-12H,9-10H2,(H,23,24,25,26);2H,1H3;1H3;/q;;;-1;+1. The fourth-order valence-corrected chi connectivity index (χ4v) is 8.57. The molecule has 0 atom stereocenters. The van der Waals surface area contributed by atoms with Crippen molar-refractivity contribution in [3.63, 3.8) is 0 Å². The van der Waals surface area contributed by atoms with E-state index in [-0.39, 0.29) is 40.5 Å². The predicted molar refractivity (Wildman–Crippen MR) is 246 cm³/mol. The number of rotatable bonds is 11. The van der Waals surface area contributed by atoms with E-state index >= 15 is 0 Å². The van der Waals surface area contributed by atoms with Gasteiger partial charge in [0.1, 0.15) is 67.7 Å². The second kappa shape index (κ2) is 23.7. The van der Waals surface area contributed by atoms with E-state index in [1.54, 1.807) is 42.5 Å². The summed E-state index contributed by atoms with van der Waals surface area (Å²) < 4.78 is 23.1. The summed E-state index contributed by atoms with van der Waals surface area (Å²) in [5.74, 6) is 1.98. The van der Waals surface area contributed by atoms with Gasteiger partial charge in [0, 0.05) is 7.11 Å². The van der Waals surface area contributed by atoms with Gasteiger partial charge >= 0.3 is 29.6 Å². The molecule has 0 saturated carbocycles. The van der Waals surface area contributed by atoms with Crippen molar-refractivity contribution in [2.75, 3.05) is 21.3 Å². The first kappa shape index (κ1) is 49.1. The second-order valence-electron chi connectivity index (χ2n) is 13.4. The molecule has 17 nitrogen and oxygen atoms in total. The molecule has 0 amide bonds. The van der Waals surface area contributed by atoms with Gasteiger partial charge in [-0.05, 0) is 35.4 Å². The van der Waals surface area contributed by atoms with Crippen LogP contribution in [-0.4, -0.2) is 85.4 Å². The number of H-pyrrole nitrogens is 2. The molecular formula is C45H40FN12NaO5S2. The molecule has 0 fully saturated rings. The van der Waals surface area contributed by atoms with Crippen LogP contribution >= 0.6 is 23.5 Å². The monoisotopic (exact) mass is 934 g/mol. The number of aliphatic hydroxyl groups excluding tert-OH is 1. The van der Waals surface area contributed by atoms with Crippen LogP contribution in [0.4, 0.5) is 4.39 Å². The number of halogens is 1. The average molecular weight is 935 g/mol. The molecule has 66 heavy (non-hydrogen) atoms. The van der Waals surface area contributed by atoms with Crippen molar-refractivity contribution in [2.24, 2.45) is 0 Å². The molecule has 0 saturated heterocycles. The Balaban J connectivity index is 0.000000200. The Labute approximate surface area is 406 Å². The summed E-state index contributed by atoms with van der Waals surface area (Å²) in [6.07, 6.45) is 6.09. The number of imidazole rings is 2. The van der Waals surface area contributed by atoms with Crippen LogP contribution in [0.5, 0.6) is 5.75 Å². The number of aliphatic hydroxyl groups is 1. The van der Waals surface area contributed by atoms with E-state index in [9.17, 15) is 14.0 Å². The van der Waals surface area contributed by atoms with Crippen molar-refractivity contribution < 1.29 is 48.9 Å². The van der Waals surface area contributed by atoms with Gasteiger partial charge in [0.15, 0.2) is 11.3 Å². The Morgan fingerprint density at radius 1 is 0.621 bits per heavy atom. The normalized spacial score (nSPS) is 10.6. The number of hydrogen-bond acceptors (Lipinski definition) is 15. The largest absolute Gasteiger partial charge is 1.00 e. The van der Waals surface area contributed by atoms with Crippen LogP contribution in [-0.2, 0) is 24.6 Å². The van der Waals surface area contributed by atoms with Gasteiger partial charge in [-0.2, -0.15) is 7.11 Å². The van der Waals surface area contributed by atoms with Crippen molar-refractivity contribution in [3.8, 4) is 5.75 Å². The topological polar surface area (TPSA) is 231 Å². The first-order valence-electron chi connectivity index (χ1n) is 19.7. The van der Waals surface area contributed by atoms with E-state index in [2.05, 4.69) is 44.9 Å². The fourth-order valence-electron chi connectivity index (χ4n) is 6.77. The van der Waals surface area contributed by atoms with E-state index in [1.165, 1.54) is 46.8 Å². The van der Waals surface area contributed by atoms with E-state index in [0.717, 1.165) is 41.4 Å². The van der Waals surface area contributed by atoms with Gasteiger partial charge in [-0.25, -0.2) is 44.3 Å². The van der Waals surface area contributed by atoms with Crippen molar-refractivity contribution in [1.29, 1.82) is 0 Å². The summed E-state index contributed by atoms with van der Waals surface area (Å²) >= 11 is 2.90. The SMILES string of the molecule is CO.COc1cccc2nc(CSc3ncnc4nc[nH]c34)n(Cc3ccccc3)c(=O)c12.C[O-].O=c1c2c(F)cccc2nc(CSc2ncnc3nc[nH]c23)n1Cc1ccccc1.[Na+]. The Morgan fingerprint density at radius 3 is 1.56 bits per heavy atom. The van der Waals surface area contributed by atoms with E-state index in [4.69, 9.17) is 19.9 Å². The summed E-state index contributed by atoms with van der Waals surface area (Å²) in [6.45, 7) is 0.718. The minimum Gasteiger partial charge on any atom is -0.857 e. The number of hydrogen-bond donors (Lipinski definition) is 3. The van der Waals surface area contributed by atoms with Crippen LogP contribution < -0.4 is 50.5 Å². The quantitative estimate of drug-likeness (QED) is 0.0962. The molecule has 0 aliphatic heterocycles. The number of aromatic amines is 2. The predicted octanol–water partition coefficient (Wildman–Crippen LogP) is 2.54. The van der Waals surface area contributed by atoms with E-state index in [0.29, 0.717) is 74.7 Å². The molecule has 0 spiro atoms. The van der Waals surface area contributed by atoms with Crippen molar-refractivity contribution in [3.05, 3.63) is 172 Å². The van der Waals surface area contributed by atoms with Gasteiger partial charge in [-0.3, -0.25) is 18.7 Å². The number of nitrogens with one attached hydrogen (secondary N) is 2. The van der Waals surface area contributed by atoms with E-state index < -0.39 is 11.4 Å². The number of nitrogens with zero attached hydrogens (tertiary/aromatic N) is 10. The number of aromatic nitrogens is 12. The molecular weight excluding hydrogens is 895 g/mol.